The molecule has 40 heavy (non-hydrogen) atoms. The number of carbonyl (C=O) groups is 1. The predicted molar refractivity (Wildman–Crippen MR) is 124 cm³/mol. The van der Waals surface area contributed by atoms with Gasteiger partial charge in [0, 0.05) is 49.3 Å². The molecule has 5 rings (SSSR count). The van der Waals surface area contributed by atoms with Crippen molar-refractivity contribution < 1.29 is 40.1 Å². The summed E-state index contributed by atoms with van der Waals surface area (Å²) in [5.41, 5.74) is -2.46. The number of aryl methyl sites for hydroxylation is 1. The lowest BCUT2D eigenvalue weighted by molar-refractivity contribution is -0.165. The van der Waals surface area contributed by atoms with Crippen molar-refractivity contribution in [3.05, 3.63) is 77.1 Å². The summed E-state index contributed by atoms with van der Waals surface area (Å²) >= 11 is 0. The van der Waals surface area contributed by atoms with Crippen LogP contribution in [0.1, 0.15) is 41.2 Å². The van der Waals surface area contributed by atoms with E-state index in [2.05, 4.69) is 25.5 Å². The Balaban J connectivity index is 1.23. The van der Waals surface area contributed by atoms with Crippen molar-refractivity contribution in [1.29, 1.82) is 0 Å². The Bertz CT molecular complexity index is 1550. The lowest BCUT2D eigenvalue weighted by Crippen LogP contribution is -2.28. The Morgan fingerprint density at radius 1 is 1.05 bits per heavy atom. The molecule has 1 aliphatic rings. The normalized spacial score (nSPS) is 14.8. The first-order valence-corrected chi connectivity index (χ1v) is 11.8. The second-order valence-electron chi connectivity index (χ2n) is 9.43. The number of alkyl halides is 6. The first kappa shape index (κ1) is 27.3. The first-order chi connectivity index (χ1) is 18.7. The molecule has 8 nitrogen and oxygen atoms in total. The van der Waals surface area contributed by atoms with Gasteiger partial charge < -0.3 is 9.84 Å². The van der Waals surface area contributed by atoms with Crippen molar-refractivity contribution in [3.63, 3.8) is 0 Å². The number of hydrogen-bond acceptors (Lipinski definition) is 6. The van der Waals surface area contributed by atoms with Gasteiger partial charge in [-0.1, -0.05) is 17.3 Å². The number of carbonyl (C=O) groups excluding carboxylic acids is 1. The fraction of sp³-hybridized carbons (Fsp3) is 0.320. The van der Waals surface area contributed by atoms with Crippen LogP contribution in [0.25, 0.3) is 11.1 Å². The summed E-state index contributed by atoms with van der Waals surface area (Å²) in [6.45, 7) is 0. The molecule has 0 radical (unpaired) electrons. The third-order valence-corrected chi connectivity index (χ3v) is 6.51. The van der Waals surface area contributed by atoms with Crippen LogP contribution >= 0.6 is 0 Å². The van der Waals surface area contributed by atoms with Gasteiger partial charge in [0.05, 0.1) is 6.42 Å². The molecule has 0 bridgehead atoms. The van der Waals surface area contributed by atoms with Gasteiger partial charge in [0.2, 0.25) is 5.91 Å². The monoisotopic (exact) mass is 568 g/mol. The molecule has 0 spiro atoms. The van der Waals surface area contributed by atoms with E-state index in [1.165, 1.54) is 37.8 Å². The number of aromatic nitrogens is 5. The van der Waals surface area contributed by atoms with E-state index in [9.17, 15) is 35.5 Å². The van der Waals surface area contributed by atoms with Gasteiger partial charge in [-0.05, 0) is 30.0 Å². The van der Waals surface area contributed by atoms with Crippen LogP contribution in [0, 0.1) is 5.82 Å². The van der Waals surface area contributed by atoms with Crippen molar-refractivity contribution in [2.75, 3.05) is 5.32 Å². The summed E-state index contributed by atoms with van der Waals surface area (Å²) in [7, 11) is 1.37. The van der Waals surface area contributed by atoms with E-state index in [1.54, 1.807) is 0 Å². The van der Waals surface area contributed by atoms with Gasteiger partial charge in [-0.2, -0.15) is 31.4 Å². The first-order valence-electron chi connectivity index (χ1n) is 11.8. The highest BCUT2D eigenvalue weighted by molar-refractivity contribution is 5.91. The van der Waals surface area contributed by atoms with Crippen LogP contribution in [-0.4, -0.2) is 37.0 Å². The highest BCUT2D eigenvalue weighted by Crippen LogP contribution is 2.59. The van der Waals surface area contributed by atoms with Crippen LogP contribution in [0.2, 0.25) is 0 Å². The molecule has 3 aromatic heterocycles. The summed E-state index contributed by atoms with van der Waals surface area (Å²) in [5.74, 6) is -1.95. The molecule has 1 saturated carbocycles. The Hall–Kier alpha value is -4.30. The van der Waals surface area contributed by atoms with E-state index in [0.29, 0.717) is 11.1 Å². The lowest BCUT2D eigenvalue weighted by Gasteiger charge is -2.14. The SMILES string of the molecule is Cn1cc(Cc2ncc(-c3ccc(CC(=O)Nc4cc(C5(C(F)(F)F)CC5)on4)c(F)c3)cn2)c(C(F)(F)F)n1. The van der Waals surface area contributed by atoms with Crippen LogP contribution in [0.3, 0.4) is 0 Å². The molecule has 1 fully saturated rings. The van der Waals surface area contributed by atoms with Gasteiger partial charge in [0.25, 0.3) is 0 Å². The van der Waals surface area contributed by atoms with Gasteiger partial charge in [-0.25, -0.2) is 14.4 Å². The second-order valence-corrected chi connectivity index (χ2v) is 9.43. The Labute approximate surface area is 221 Å². The summed E-state index contributed by atoms with van der Waals surface area (Å²) in [6, 6.07) is 5.00. The third kappa shape index (κ3) is 5.40. The number of nitrogens with one attached hydrogen (secondary N) is 1. The van der Waals surface area contributed by atoms with E-state index < -0.39 is 41.6 Å². The zero-order chi connectivity index (χ0) is 28.9. The number of hydrogen-bond donors (Lipinski definition) is 1. The fourth-order valence-corrected chi connectivity index (χ4v) is 4.26. The Kier molecular flexibility index (Phi) is 6.62. The van der Waals surface area contributed by atoms with Crippen molar-refractivity contribution >= 4 is 11.7 Å². The third-order valence-electron chi connectivity index (χ3n) is 6.51. The maximum absolute atomic E-state index is 14.8. The van der Waals surface area contributed by atoms with Crippen LogP contribution in [0.5, 0.6) is 0 Å². The van der Waals surface area contributed by atoms with Crippen LogP contribution in [-0.2, 0) is 36.3 Å². The van der Waals surface area contributed by atoms with E-state index in [1.807, 2.05) is 0 Å². The van der Waals surface area contributed by atoms with Gasteiger partial charge in [-0.15, -0.1) is 0 Å². The number of benzene rings is 1. The summed E-state index contributed by atoms with van der Waals surface area (Å²) in [6.07, 6.45) is -6.13. The predicted octanol–water partition coefficient (Wildman–Crippen LogP) is 5.39. The molecular formula is C25H19F7N6O2. The van der Waals surface area contributed by atoms with Crippen molar-refractivity contribution in [3.8, 4) is 11.1 Å². The summed E-state index contributed by atoms with van der Waals surface area (Å²) in [5, 5.41) is 9.22. The number of rotatable bonds is 7. The molecule has 0 saturated heterocycles. The van der Waals surface area contributed by atoms with Crippen LogP contribution in [0.15, 0.2) is 47.4 Å². The molecule has 1 aliphatic carbocycles. The van der Waals surface area contributed by atoms with Crippen molar-refractivity contribution in [2.45, 2.75) is 43.5 Å². The van der Waals surface area contributed by atoms with E-state index >= 15 is 0 Å². The molecule has 210 valence electrons. The molecule has 0 aliphatic heterocycles. The minimum atomic E-state index is -4.63. The molecule has 3 heterocycles. The van der Waals surface area contributed by atoms with Gasteiger partial charge >= 0.3 is 12.4 Å². The minimum absolute atomic E-state index is 0.00715. The van der Waals surface area contributed by atoms with Gasteiger partial charge in [-0.3, -0.25) is 9.48 Å². The molecule has 1 aromatic carbocycles. The van der Waals surface area contributed by atoms with E-state index in [-0.39, 0.29) is 47.8 Å². The zero-order valence-electron chi connectivity index (χ0n) is 20.6. The molecule has 1 amide bonds. The van der Waals surface area contributed by atoms with Gasteiger partial charge in [0.1, 0.15) is 17.1 Å². The molecule has 1 N–H and O–H groups in total. The number of nitrogens with zero attached hydrogens (tertiary/aromatic N) is 5. The topological polar surface area (TPSA) is 98.7 Å². The highest BCUT2D eigenvalue weighted by atomic mass is 19.4. The average molecular weight is 568 g/mol. The number of anilines is 1. The summed E-state index contributed by atoms with van der Waals surface area (Å²) in [4.78, 5) is 20.5. The standard InChI is InChI=1S/C25H19F7N6O2/c1-38-12-15(22(36-38)24(27,28)29)7-19-33-10-16(11-34-19)13-2-3-14(17(26)6-13)8-21(39)35-20-9-18(40-37-20)23(4-5-23)25(30,31)32/h2-3,6,9-12H,4-5,7-8H2,1H3,(H,35,37,39). The van der Waals surface area contributed by atoms with Crippen LogP contribution < -0.4 is 5.32 Å². The Morgan fingerprint density at radius 3 is 2.35 bits per heavy atom. The largest absolute Gasteiger partial charge is 0.435 e. The zero-order valence-corrected chi connectivity index (χ0v) is 20.6. The lowest BCUT2D eigenvalue weighted by atomic mass is 10.0. The summed E-state index contributed by atoms with van der Waals surface area (Å²) < 4.78 is 99.8. The average Bonchev–Trinajstić information content (AvgIpc) is 3.43. The van der Waals surface area contributed by atoms with Gasteiger partial charge in [0.15, 0.2) is 17.3 Å². The second kappa shape index (κ2) is 9.71. The molecule has 0 unspecified atom stereocenters. The molecule has 4 aromatic rings. The molecular weight excluding hydrogens is 549 g/mol. The molecule has 15 heteroatoms. The number of halogens is 7. The molecule has 0 atom stereocenters. The maximum atomic E-state index is 14.8. The van der Waals surface area contributed by atoms with E-state index in [4.69, 9.17) is 4.52 Å². The maximum Gasteiger partial charge on any atom is 0.435 e. The van der Waals surface area contributed by atoms with Crippen molar-refractivity contribution in [1.82, 2.24) is 24.9 Å². The fourth-order valence-electron chi connectivity index (χ4n) is 4.26. The minimum Gasteiger partial charge on any atom is -0.358 e. The Morgan fingerprint density at radius 2 is 1.75 bits per heavy atom. The van der Waals surface area contributed by atoms with E-state index in [0.717, 1.165) is 16.8 Å². The van der Waals surface area contributed by atoms with Crippen molar-refractivity contribution in [2.24, 2.45) is 7.05 Å². The number of amides is 1. The quantitative estimate of drug-likeness (QED) is 0.301. The van der Waals surface area contributed by atoms with Crippen LogP contribution in [0.4, 0.5) is 36.6 Å². The highest BCUT2D eigenvalue weighted by Gasteiger charge is 2.66. The smallest absolute Gasteiger partial charge is 0.358 e.